The molecule has 3 heterocycles. The molecular weight excluding hydrogens is 346 g/mol. The molecule has 26 heavy (non-hydrogen) atoms. The van der Waals surface area contributed by atoms with E-state index in [9.17, 15) is 5.11 Å². The van der Waals surface area contributed by atoms with E-state index in [1.165, 1.54) is 5.56 Å². The lowest BCUT2D eigenvalue weighted by atomic mass is 9.97. The van der Waals surface area contributed by atoms with E-state index in [2.05, 4.69) is 32.6 Å². The second kappa shape index (κ2) is 7.65. The van der Waals surface area contributed by atoms with Crippen LogP contribution in [-0.2, 0) is 20.2 Å². The zero-order valence-corrected chi connectivity index (χ0v) is 15.7. The lowest BCUT2D eigenvalue weighted by Gasteiger charge is -2.31. The first-order valence-electron chi connectivity index (χ1n) is 8.96. The average molecular weight is 369 g/mol. The van der Waals surface area contributed by atoms with Crippen LogP contribution in [0.4, 0.5) is 0 Å². The molecule has 1 aliphatic rings. The van der Waals surface area contributed by atoms with E-state index in [1.54, 1.807) is 11.3 Å². The fourth-order valence-corrected chi connectivity index (χ4v) is 4.44. The van der Waals surface area contributed by atoms with Crippen molar-refractivity contribution in [3.8, 4) is 11.3 Å². The summed E-state index contributed by atoms with van der Waals surface area (Å²) in [5.41, 5.74) is 2.22. The van der Waals surface area contributed by atoms with Gasteiger partial charge in [-0.3, -0.25) is 4.90 Å². The van der Waals surface area contributed by atoms with Gasteiger partial charge in [0.1, 0.15) is 17.4 Å². The van der Waals surface area contributed by atoms with Crippen molar-refractivity contribution in [2.75, 3.05) is 13.1 Å². The molecule has 0 bridgehead atoms. The Morgan fingerprint density at radius 1 is 1.23 bits per heavy atom. The van der Waals surface area contributed by atoms with Crippen LogP contribution in [0.1, 0.15) is 35.4 Å². The van der Waals surface area contributed by atoms with Gasteiger partial charge in [-0.15, -0.1) is 21.5 Å². The van der Waals surface area contributed by atoms with Gasteiger partial charge in [-0.2, -0.15) is 0 Å². The molecule has 1 saturated heterocycles. The van der Waals surface area contributed by atoms with Crippen molar-refractivity contribution in [3.05, 3.63) is 52.4 Å². The van der Waals surface area contributed by atoms with Gasteiger partial charge in [-0.1, -0.05) is 30.3 Å². The maximum atomic E-state index is 9.33. The zero-order valence-electron chi connectivity index (χ0n) is 14.9. The minimum atomic E-state index is -0.0681. The molecule has 0 saturated carbocycles. The number of hydrogen-bond acceptors (Lipinski definition) is 6. The summed E-state index contributed by atoms with van der Waals surface area (Å²) >= 11 is 1.73. The molecule has 1 aromatic carbocycles. The number of aliphatic hydroxyl groups is 1. The third kappa shape index (κ3) is 3.56. The highest BCUT2D eigenvalue weighted by molar-refractivity contribution is 7.09. The van der Waals surface area contributed by atoms with Crippen molar-refractivity contribution in [3.63, 3.8) is 0 Å². The first-order chi connectivity index (χ1) is 12.7. The van der Waals surface area contributed by atoms with Crippen molar-refractivity contribution < 1.29 is 5.11 Å². The fraction of sp³-hybridized carbons (Fsp3) is 0.421. The molecule has 0 radical (unpaired) electrons. The highest BCUT2D eigenvalue weighted by Gasteiger charge is 2.26. The normalized spacial score (nSPS) is 18.3. The molecule has 136 valence electrons. The van der Waals surface area contributed by atoms with Gasteiger partial charge in [0, 0.05) is 30.5 Å². The topological polar surface area (TPSA) is 67.1 Å². The standard InChI is InChI=1S/C19H23N5OS/c1-23-17(12-25)21-22-19(23)15-8-5-9-24(10-15)11-18-20-16(13-26-18)14-6-3-2-4-7-14/h2-4,6-7,13,15,25H,5,8-12H2,1H3/t15-/m1/s1. The Morgan fingerprint density at radius 2 is 2.08 bits per heavy atom. The molecule has 0 amide bonds. The lowest BCUT2D eigenvalue weighted by Crippen LogP contribution is -2.34. The van der Waals surface area contributed by atoms with Gasteiger partial charge in [0.25, 0.3) is 0 Å². The Hall–Kier alpha value is -2.09. The Kier molecular flexibility index (Phi) is 5.10. The highest BCUT2D eigenvalue weighted by atomic mass is 32.1. The van der Waals surface area contributed by atoms with Crippen molar-refractivity contribution in [1.82, 2.24) is 24.6 Å². The molecular formula is C19H23N5OS. The molecule has 1 aliphatic heterocycles. The van der Waals surface area contributed by atoms with Gasteiger partial charge >= 0.3 is 0 Å². The summed E-state index contributed by atoms with van der Waals surface area (Å²) in [6.07, 6.45) is 2.25. The second-order valence-electron chi connectivity index (χ2n) is 6.76. The summed E-state index contributed by atoms with van der Waals surface area (Å²) in [6, 6.07) is 10.3. The Bertz CT molecular complexity index is 860. The molecule has 7 heteroatoms. The molecule has 1 atom stereocenters. The summed E-state index contributed by atoms with van der Waals surface area (Å²) in [5, 5.41) is 21.0. The summed E-state index contributed by atoms with van der Waals surface area (Å²) < 4.78 is 1.94. The number of likely N-dealkylation sites (tertiary alicyclic amines) is 1. The summed E-state index contributed by atoms with van der Waals surface area (Å²) in [4.78, 5) is 7.27. The monoisotopic (exact) mass is 369 g/mol. The van der Waals surface area contributed by atoms with E-state index in [4.69, 9.17) is 4.98 Å². The van der Waals surface area contributed by atoms with Gasteiger partial charge in [0.05, 0.1) is 12.2 Å². The number of aliphatic hydroxyl groups excluding tert-OH is 1. The number of aromatic nitrogens is 4. The quantitative estimate of drug-likeness (QED) is 0.749. The van der Waals surface area contributed by atoms with Crippen LogP contribution in [-0.4, -0.2) is 42.8 Å². The van der Waals surface area contributed by atoms with Crippen molar-refractivity contribution >= 4 is 11.3 Å². The zero-order chi connectivity index (χ0) is 17.9. The van der Waals surface area contributed by atoms with Crippen molar-refractivity contribution in [1.29, 1.82) is 0 Å². The minimum Gasteiger partial charge on any atom is -0.388 e. The second-order valence-corrected chi connectivity index (χ2v) is 7.70. The number of nitrogens with zero attached hydrogens (tertiary/aromatic N) is 5. The van der Waals surface area contributed by atoms with Gasteiger partial charge in [0.15, 0.2) is 5.82 Å². The van der Waals surface area contributed by atoms with Gasteiger partial charge < -0.3 is 9.67 Å². The molecule has 6 nitrogen and oxygen atoms in total. The van der Waals surface area contributed by atoms with E-state index in [1.807, 2.05) is 29.8 Å². The van der Waals surface area contributed by atoms with Gasteiger partial charge in [0.2, 0.25) is 0 Å². The van der Waals surface area contributed by atoms with Crippen LogP contribution in [0.25, 0.3) is 11.3 Å². The maximum absolute atomic E-state index is 9.33. The Balaban J connectivity index is 1.44. The van der Waals surface area contributed by atoms with E-state index in [0.29, 0.717) is 11.7 Å². The predicted molar refractivity (Wildman–Crippen MR) is 102 cm³/mol. The summed E-state index contributed by atoms with van der Waals surface area (Å²) in [7, 11) is 1.94. The van der Waals surface area contributed by atoms with Gasteiger partial charge in [-0.25, -0.2) is 4.98 Å². The molecule has 4 rings (SSSR count). The van der Waals surface area contributed by atoms with E-state index >= 15 is 0 Å². The summed E-state index contributed by atoms with van der Waals surface area (Å²) in [5.74, 6) is 1.96. The fourth-order valence-electron chi connectivity index (χ4n) is 3.59. The van der Waals surface area contributed by atoms with Crippen molar-refractivity contribution in [2.45, 2.75) is 31.9 Å². The molecule has 0 aliphatic carbocycles. The molecule has 2 aromatic heterocycles. The SMILES string of the molecule is Cn1c(CO)nnc1[C@@H]1CCCN(Cc2nc(-c3ccccc3)cs2)C1. The smallest absolute Gasteiger partial charge is 0.158 e. The third-order valence-corrected chi connectivity index (χ3v) is 5.82. The van der Waals surface area contributed by atoms with Crippen LogP contribution >= 0.6 is 11.3 Å². The highest BCUT2D eigenvalue weighted by Crippen LogP contribution is 2.28. The van der Waals surface area contributed by atoms with Crippen LogP contribution in [0.15, 0.2) is 35.7 Å². The first-order valence-corrected chi connectivity index (χ1v) is 9.83. The number of benzene rings is 1. The van der Waals surface area contributed by atoms with Crippen LogP contribution in [0.2, 0.25) is 0 Å². The van der Waals surface area contributed by atoms with Crippen molar-refractivity contribution in [2.24, 2.45) is 7.05 Å². The Morgan fingerprint density at radius 3 is 2.85 bits per heavy atom. The van der Waals surface area contributed by atoms with E-state index < -0.39 is 0 Å². The van der Waals surface area contributed by atoms with E-state index in [0.717, 1.165) is 49.0 Å². The van der Waals surface area contributed by atoms with Crippen LogP contribution in [0.3, 0.4) is 0 Å². The summed E-state index contributed by atoms with van der Waals surface area (Å²) in [6.45, 7) is 2.85. The lowest BCUT2D eigenvalue weighted by molar-refractivity contribution is 0.194. The largest absolute Gasteiger partial charge is 0.388 e. The Labute approximate surface area is 157 Å². The van der Waals surface area contributed by atoms with Gasteiger partial charge in [-0.05, 0) is 19.4 Å². The predicted octanol–water partition coefficient (Wildman–Crippen LogP) is 2.81. The molecule has 3 aromatic rings. The molecule has 1 N–H and O–H groups in total. The third-order valence-electron chi connectivity index (χ3n) is 4.99. The number of piperidine rings is 1. The minimum absolute atomic E-state index is 0.0681. The molecule has 0 unspecified atom stereocenters. The number of hydrogen-bond donors (Lipinski definition) is 1. The van der Waals surface area contributed by atoms with Crippen LogP contribution in [0.5, 0.6) is 0 Å². The number of rotatable bonds is 5. The molecule has 1 fully saturated rings. The van der Waals surface area contributed by atoms with Crippen LogP contribution < -0.4 is 0 Å². The average Bonchev–Trinajstić information content (AvgIpc) is 3.29. The number of thiazole rings is 1. The maximum Gasteiger partial charge on any atom is 0.158 e. The first kappa shape index (κ1) is 17.3. The van der Waals surface area contributed by atoms with Crippen LogP contribution in [0, 0.1) is 0 Å². The molecule has 0 spiro atoms. The van der Waals surface area contributed by atoms with E-state index in [-0.39, 0.29) is 6.61 Å².